The van der Waals surface area contributed by atoms with Gasteiger partial charge in [0.05, 0.1) is 24.0 Å². The maximum Gasteiger partial charge on any atom is 0.262 e. The number of carbonyl (C=O) groups is 3. The van der Waals surface area contributed by atoms with Crippen molar-refractivity contribution in [2.24, 2.45) is 0 Å². The number of halogens is 1. The first-order valence-electron chi connectivity index (χ1n) is 9.26. The first-order chi connectivity index (χ1) is 15.0. The van der Waals surface area contributed by atoms with E-state index in [1.165, 1.54) is 6.20 Å². The lowest BCUT2D eigenvalue weighted by Crippen LogP contribution is -2.33. The molecule has 8 nitrogen and oxygen atoms in total. The van der Waals surface area contributed by atoms with E-state index in [0.29, 0.717) is 11.4 Å². The molecule has 0 unspecified atom stereocenters. The number of nitrogens with one attached hydrogen (secondary N) is 3. The summed E-state index contributed by atoms with van der Waals surface area (Å²) in [4.78, 5) is 40.5. The number of hydrogen-bond donors (Lipinski definition) is 3. The third kappa shape index (κ3) is 6.93. The van der Waals surface area contributed by atoms with Gasteiger partial charge in [-0.3, -0.25) is 19.4 Å². The average Bonchev–Trinajstić information content (AvgIpc) is 2.78. The van der Waals surface area contributed by atoms with Crippen molar-refractivity contribution >= 4 is 45.0 Å². The van der Waals surface area contributed by atoms with Crippen LogP contribution < -0.4 is 20.7 Å². The second kappa shape index (κ2) is 10.9. The fourth-order valence-electron chi connectivity index (χ4n) is 2.55. The van der Waals surface area contributed by atoms with Gasteiger partial charge in [-0.05, 0) is 48.5 Å². The molecule has 3 amide bonds. The fraction of sp³-hybridized carbons (Fsp3) is 0.0909. The van der Waals surface area contributed by atoms with Crippen LogP contribution in [0.15, 0.2) is 77.5 Å². The Bertz CT molecular complexity index is 1060. The number of carbonyl (C=O) groups excluding carboxylic acids is 3. The van der Waals surface area contributed by atoms with Crippen molar-refractivity contribution in [2.75, 3.05) is 23.8 Å². The molecule has 158 valence electrons. The van der Waals surface area contributed by atoms with Crippen molar-refractivity contribution in [3.8, 4) is 5.75 Å². The van der Waals surface area contributed by atoms with Gasteiger partial charge in [0.15, 0.2) is 6.61 Å². The Morgan fingerprint density at radius 2 is 1.61 bits per heavy atom. The van der Waals surface area contributed by atoms with Gasteiger partial charge in [0.2, 0.25) is 5.91 Å². The molecule has 3 rings (SSSR count). The van der Waals surface area contributed by atoms with Crippen LogP contribution in [0.1, 0.15) is 10.4 Å². The molecule has 1 aromatic heterocycles. The Hall–Kier alpha value is -3.72. The molecule has 0 saturated carbocycles. The molecule has 0 bridgehead atoms. The molecular formula is C22H19BrN4O4. The summed E-state index contributed by atoms with van der Waals surface area (Å²) in [5.41, 5.74) is 1.37. The number of amides is 3. The molecule has 0 aliphatic rings. The van der Waals surface area contributed by atoms with Gasteiger partial charge < -0.3 is 20.7 Å². The highest BCUT2D eigenvalue weighted by molar-refractivity contribution is 9.10. The second-order valence-electron chi connectivity index (χ2n) is 6.31. The highest BCUT2D eigenvalue weighted by Gasteiger charge is 2.14. The zero-order valence-corrected chi connectivity index (χ0v) is 17.9. The Morgan fingerprint density at radius 1 is 0.871 bits per heavy atom. The van der Waals surface area contributed by atoms with Crippen LogP contribution in [0.2, 0.25) is 0 Å². The Kier molecular flexibility index (Phi) is 7.72. The predicted octanol–water partition coefficient (Wildman–Crippen LogP) is 3.23. The van der Waals surface area contributed by atoms with Crippen LogP contribution in [0, 0.1) is 0 Å². The van der Waals surface area contributed by atoms with Crippen LogP contribution in [-0.2, 0) is 9.59 Å². The van der Waals surface area contributed by atoms with E-state index in [2.05, 4.69) is 36.9 Å². The number of ether oxygens (including phenoxy) is 1. The number of pyridine rings is 1. The maximum atomic E-state index is 12.5. The quantitative estimate of drug-likeness (QED) is 0.456. The van der Waals surface area contributed by atoms with Gasteiger partial charge in [0, 0.05) is 16.4 Å². The van der Waals surface area contributed by atoms with Gasteiger partial charge >= 0.3 is 0 Å². The normalized spacial score (nSPS) is 10.1. The molecule has 31 heavy (non-hydrogen) atoms. The lowest BCUT2D eigenvalue weighted by atomic mass is 10.2. The number of benzene rings is 2. The van der Waals surface area contributed by atoms with Gasteiger partial charge in [0.1, 0.15) is 5.75 Å². The summed E-state index contributed by atoms with van der Waals surface area (Å²) in [6.07, 6.45) is 3.09. The number of aromatic nitrogens is 1. The summed E-state index contributed by atoms with van der Waals surface area (Å²) >= 11 is 3.33. The van der Waals surface area contributed by atoms with E-state index in [0.717, 1.165) is 4.47 Å². The zero-order valence-electron chi connectivity index (χ0n) is 16.3. The van der Waals surface area contributed by atoms with Gasteiger partial charge in [-0.2, -0.15) is 0 Å². The molecule has 3 N–H and O–H groups in total. The highest BCUT2D eigenvalue weighted by atomic mass is 79.9. The fourth-order valence-corrected chi connectivity index (χ4v) is 2.82. The Balaban J connectivity index is 1.52. The highest BCUT2D eigenvalue weighted by Crippen LogP contribution is 2.18. The first-order valence-corrected chi connectivity index (χ1v) is 10.1. The van der Waals surface area contributed by atoms with Gasteiger partial charge in [0.25, 0.3) is 11.8 Å². The molecule has 1 heterocycles. The molecule has 0 fully saturated rings. The smallest absolute Gasteiger partial charge is 0.262 e. The van der Waals surface area contributed by atoms with E-state index in [4.69, 9.17) is 4.74 Å². The minimum absolute atomic E-state index is 0.216. The molecule has 0 saturated heterocycles. The van der Waals surface area contributed by atoms with Crippen LogP contribution in [0.4, 0.5) is 11.4 Å². The number of rotatable bonds is 8. The van der Waals surface area contributed by atoms with E-state index in [9.17, 15) is 14.4 Å². The second-order valence-corrected chi connectivity index (χ2v) is 7.23. The standard InChI is InChI=1S/C22H19BrN4O4/c23-15-7-9-16(10-8-15)26-21(29)14-31-19-6-2-1-5-18(19)22(30)25-13-20(28)27-17-4-3-11-24-12-17/h1-12H,13-14H2,(H,25,30)(H,26,29)(H,27,28). The van der Waals surface area contributed by atoms with Crippen molar-refractivity contribution < 1.29 is 19.1 Å². The Morgan fingerprint density at radius 3 is 2.35 bits per heavy atom. The summed E-state index contributed by atoms with van der Waals surface area (Å²) < 4.78 is 6.43. The third-order valence-electron chi connectivity index (χ3n) is 3.97. The van der Waals surface area contributed by atoms with Crippen LogP contribution >= 0.6 is 15.9 Å². The van der Waals surface area contributed by atoms with Crippen LogP contribution in [-0.4, -0.2) is 35.9 Å². The van der Waals surface area contributed by atoms with Gasteiger partial charge in [-0.25, -0.2) is 0 Å². The molecule has 0 atom stereocenters. The van der Waals surface area contributed by atoms with Crippen LogP contribution in [0.25, 0.3) is 0 Å². The summed E-state index contributed by atoms with van der Waals surface area (Å²) in [5.74, 6) is -1.02. The summed E-state index contributed by atoms with van der Waals surface area (Å²) in [6, 6.07) is 17.0. The third-order valence-corrected chi connectivity index (χ3v) is 4.50. The number of hydrogen-bond acceptors (Lipinski definition) is 5. The van der Waals surface area contributed by atoms with Crippen molar-refractivity contribution in [3.05, 3.63) is 83.1 Å². The maximum absolute atomic E-state index is 12.5. The average molecular weight is 483 g/mol. The molecule has 0 aliphatic heterocycles. The monoisotopic (exact) mass is 482 g/mol. The van der Waals surface area contributed by atoms with E-state index < -0.39 is 11.8 Å². The van der Waals surface area contributed by atoms with E-state index in [-0.39, 0.29) is 30.4 Å². The Labute approximate surface area is 187 Å². The molecular weight excluding hydrogens is 464 g/mol. The van der Waals surface area contributed by atoms with Crippen LogP contribution in [0.5, 0.6) is 5.75 Å². The topological polar surface area (TPSA) is 109 Å². The molecule has 0 aliphatic carbocycles. The lowest BCUT2D eigenvalue weighted by molar-refractivity contribution is -0.118. The number of nitrogens with zero attached hydrogens (tertiary/aromatic N) is 1. The molecule has 0 radical (unpaired) electrons. The van der Waals surface area contributed by atoms with Crippen molar-refractivity contribution in [1.29, 1.82) is 0 Å². The van der Waals surface area contributed by atoms with Crippen LogP contribution in [0.3, 0.4) is 0 Å². The molecule has 9 heteroatoms. The largest absolute Gasteiger partial charge is 0.483 e. The number of anilines is 2. The molecule has 0 spiro atoms. The summed E-state index contributed by atoms with van der Waals surface area (Å²) in [5, 5.41) is 7.87. The molecule has 3 aromatic rings. The van der Waals surface area contributed by atoms with E-state index >= 15 is 0 Å². The minimum atomic E-state index is -0.495. The zero-order chi connectivity index (χ0) is 22.1. The van der Waals surface area contributed by atoms with E-state index in [1.54, 1.807) is 66.9 Å². The summed E-state index contributed by atoms with van der Waals surface area (Å²) in [7, 11) is 0. The molecule has 2 aromatic carbocycles. The van der Waals surface area contributed by atoms with Crippen molar-refractivity contribution in [3.63, 3.8) is 0 Å². The van der Waals surface area contributed by atoms with Gasteiger partial charge in [-0.15, -0.1) is 0 Å². The van der Waals surface area contributed by atoms with Crippen molar-refractivity contribution in [2.45, 2.75) is 0 Å². The number of para-hydroxylation sites is 1. The first kappa shape index (κ1) is 22.0. The predicted molar refractivity (Wildman–Crippen MR) is 120 cm³/mol. The lowest BCUT2D eigenvalue weighted by Gasteiger charge is -2.12. The van der Waals surface area contributed by atoms with E-state index in [1.807, 2.05) is 0 Å². The van der Waals surface area contributed by atoms with Gasteiger partial charge in [-0.1, -0.05) is 28.1 Å². The SMILES string of the molecule is O=C(CNC(=O)c1ccccc1OCC(=O)Nc1ccc(Br)cc1)Nc1cccnc1. The minimum Gasteiger partial charge on any atom is -0.483 e. The van der Waals surface area contributed by atoms with Crippen molar-refractivity contribution in [1.82, 2.24) is 10.3 Å². The summed E-state index contributed by atoms with van der Waals surface area (Å²) in [6.45, 7) is -0.506.